The number of benzene rings is 1. The lowest BCUT2D eigenvalue weighted by molar-refractivity contribution is -0.119. The molecule has 0 atom stereocenters. The molecule has 6 nitrogen and oxygen atoms in total. The van der Waals surface area contributed by atoms with Crippen LogP contribution in [0, 0.1) is 13.8 Å². The van der Waals surface area contributed by atoms with E-state index < -0.39 is 0 Å². The van der Waals surface area contributed by atoms with Gasteiger partial charge in [-0.1, -0.05) is 23.7 Å². The molecule has 0 radical (unpaired) electrons. The van der Waals surface area contributed by atoms with E-state index in [0.29, 0.717) is 29.8 Å². The lowest BCUT2D eigenvalue weighted by Crippen LogP contribution is -2.37. The molecule has 1 fully saturated rings. The molecule has 0 saturated heterocycles. The molecule has 1 aromatic heterocycles. The van der Waals surface area contributed by atoms with Crippen LogP contribution >= 0.6 is 11.6 Å². The van der Waals surface area contributed by atoms with Crippen LogP contribution in [-0.2, 0) is 9.59 Å². The normalized spacial score (nSPS) is 13.4. The molecule has 0 spiro atoms. The monoisotopic (exact) mass is 400 g/mol. The molecule has 2 N–H and O–H groups in total. The average Bonchev–Trinajstić information content (AvgIpc) is 3.47. The third-order valence-corrected chi connectivity index (χ3v) is 4.92. The zero-order valence-corrected chi connectivity index (χ0v) is 16.9. The molecular formula is C21H25ClN4O2. The minimum absolute atomic E-state index is 0.0538. The van der Waals surface area contributed by atoms with Gasteiger partial charge in [-0.15, -0.1) is 0 Å². The van der Waals surface area contributed by atoms with Crippen LogP contribution in [0.4, 0.5) is 11.4 Å². The van der Waals surface area contributed by atoms with E-state index in [1.807, 2.05) is 32.0 Å². The maximum Gasteiger partial charge on any atom is 0.238 e. The van der Waals surface area contributed by atoms with Crippen molar-refractivity contribution in [2.75, 3.05) is 23.7 Å². The molecule has 2 aromatic rings. The molecule has 2 amide bonds. The second kappa shape index (κ2) is 9.17. The first-order chi connectivity index (χ1) is 13.4. The fourth-order valence-corrected chi connectivity index (χ4v) is 3.20. The van der Waals surface area contributed by atoms with Gasteiger partial charge in [0.1, 0.15) is 5.15 Å². The summed E-state index contributed by atoms with van der Waals surface area (Å²) in [5.74, 6) is -0.162. The molecule has 28 heavy (non-hydrogen) atoms. The highest BCUT2D eigenvalue weighted by atomic mass is 35.5. The highest BCUT2D eigenvalue weighted by Crippen LogP contribution is 2.27. The van der Waals surface area contributed by atoms with Crippen molar-refractivity contribution in [3.05, 3.63) is 52.8 Å². The van der Waals surface area contributed by atoms with E-state index in [9.17, 15) is 9.59 Å². The van der Waals surface area contributed by atoms with Crippen molar-refractivity contribution >= 4 is 34.8 Å². The molecule has 0 bridgehead atoms. The van der Waals surface area contributed by atoms with Gasteiger partial charge in [-0.25, -0.2) is 4.98 Å². The van der Waals surface area contributed by atoms with Gasteiger partial charge in [0.05, 0.1) is 6.54 Å². The van der Waals surface area contributed by atoms with Gasteiger partial charge in [-0.05, 0) is 56.0 Å². The number of rotatable bonds is 8. The summed E-state index contributed by atoms with van der Waals surface area (Å²) in [4.78, 5) is 30.7. The predicted molar refractivity (Wildman–Crippen MR) is 112 cm³/mol. The number of anilines is 2. The van der Waals surface area contributed by atoms with E-state index in [0.717, 1.165) is 29.7 Å². The molecular weight excluding hydrogens is 376 g/mol. The van der Waals surface area contributed by atoms with Crippen molar-refractivity contribution in [1.82, 2.24) is 9.88 Å². The second-order valence-corrected chi connectivity index (χ2v) is 7.62. The zero-order chi connectivity index (χ0) is 20.1. The summed E-state index contributed by atoms with van der Waals surface area (Å²) in [6.45, 7) is 4.80. The van der Waals surface area contributed by atoms with Gasteiger partial charge < -0.3 is 10.6 Å². The summed E-state index contributed by atoms with van der Waals surface area (Å²) in [5, 5.41) is 6.14. The number of aromatic nitrogens is 1. The standard InChI is InChI=1S/C21H25ClN4O2/c1-14-3-4-15(2)18(11-14)25-21(28)13-26(17-5-6-17)10-8-20(27)24-16-7-9-23-19(22)12-16/h3-4,7,9,11-12,17H,5-6,8,10,13H2,1-2H3,(H,25,28)(H,23,24,27). The summed E-state index contributed by atoms with van der Waals surface area (Å²) in [7, 11) is 0. The summed E-state index contributed by atoms with van der Waals surface area (Å²) in [5.41, 5.74) is 3.60. The zero-order valence-electron chi connectivity index (χ0n) is 16.2. The predicted octanol–water partition coefficient (Wildman–Crippen LogP) is 3.78. The first-order valence-corrected chi connectivity index (χ1v) is 9.81. The van der Waals surface area contributed by atoms with Crippen molar-refractivity contribution < 1.29 is 9.59 Å². The van der Waals surface area contributed by atoms with Crippen LogP contribution in [0.5, 0.6) is 0 Å². The van der Waals surface area contributed by atoms with Gasteiger partial charge >= 0.3 is 0 Å². The lowest BCUT2D eigenvalue weighted by atomic mass is 10.1. The van der Waals surface area contributed by atoms with Gasteiger partial charge in [0.25, 0.3) is 0 Å². The molecule has 148 valence electrons. The van der Waals surface area contributed by atoms with Gasteiger partial charge in [0, 0.05) is 36.6 Å². The Hall–Kier alpha value is -2.44. The Bertz CT molecular complexity index is 867. The van der Waals surface area contributed by atoms with Crippen molar-refractivity contribution in [3.8, 4) is 0 Å². The number of hydrogen-bond acceptors (Lipinski definition) is 4. The van der Waals surface area contributed by atoms with E-state index >= 15 is 0 Å². The molecule has 1 aromatic carbocycles. The topological polar surface area (TPSA) is 74.3 Å². The number of carbonyl (C=O) groups excluding carboxylic acids is 2. The van der Waals surface area contributed by atoms with E-state index in [1.165, 1.54) is 0 Å². The fraction of sp³-hybridized carbons (Fsp3) is 0.381. The van der Waals surface area contributed by atoms with Crippen molar-refractivity contribution in [2.45, 2.75) is 39.2 Å². The first kappa shape index (κ1) is 20.3. The molecule has 1 saturated carbocycles. The molecule has 1 aliphatic carbocycles. The number of nitrogens with zero attached hydrogens (tertiary/aromatic N) is 2. The van der Waals surface area contributed by atoms with Crippen LogP contribution in [0.25, 0.3) is 0 Å². The number of nitrogens with one attached hydrogen (secondary N) is 2. The average molecular weight is 401 g/mol. The molecule has 3 rings (SSSR count). The molecule has 1 heterocycles. The van der Waals surface area contributed by atoms with E-state index in [1.54, 1.807) is 18.3 Å². The highest BCUT2D eigenvalue weighted by molar-refractivity contribution is 6.29. The van der Waals surface area contributed by atoms with Crippen LogP contribution in [0.15, 0.2) is 36.5 Å². The Morgan fingerprint density at radius 3 is 2.64 bits per heavy atom. The van der Waals surface area contributed by atoms with Gasteiger partial charge in [0.2, 0.25) is 11.8 Å². The SMILES string of the molecule is Cc1ccc(C)c(NC(=O)CN(CCC(=O)Nc2ccnc(Cl)c2)C2CC2)c1. The number of amides is 2. The Kier molecular flexibility index (Phi) is 6.65. The van der Waals surface area contributed by atoms with Crippen LogP contribution in [0.2, 0.25) is 5.15 Å². The summed E-state index contributed by atoms with van der Waals surface area (Å²) >= 11 is 5.84. The van der Waals surface area contributed by atoms with Crippen molar-refractivity contribution in [2.24, 2.45) is 0 Å². The Balaban J connectivity index is 1.51. The summed E-state index contributed by atoms with van der Waals surface area (Å²) in [6.07, 6.45) is 4.00. The van der Waals surface area contributed by atoms with Crippen LogP contribution in [-0.4, -0.2) is 40.8 Å². The van der Waals surface area contributed by atoms with Gasteiger partial charge in [-0.2, -0.15) is 0 Å². The third-order valence-electron chi connectivity index (χ3n) is 4.71. The summed E-state index contributed by atoms with van der Waals surface area (Å²) < 4.78 is 0. The number of halogens is 1. The smallest absolute Gasteiger partial charge is 0.238 e. The highest BCUT2D eigenvalue weighted by Gasteiger charge is 2.30. The van der Waals surface area contributed by atoms with Gasteiger partial charge in [0.15, 0.2) is 0 Å². The minimum Gasteiger partial charge on any atom is -0.326 e. The van der Waals surface area contributed by atoms with E-state index in [2.05, 4.69) is 20.5 Å². The number of hydrogen-bond donors (Lipinski definition) is 2. The van der Waals surface area contributed by atoms with Crippen LogP contribution in [0.1, 0.15) is 30.4 Å². The lowest BCUT2D eigenvalue weighted by Gasteiger charge is -2.21. The van der Waals surface area contributed by atoms with Gasteiger partial charge in [-0.3, -0.25) is 14.5 Å². The van der Waals surface area contributed by atoms with Crippen LogP contribution in [0.3, 0.4) is 0 Å². The minimum atomic E-state index is -0.108. The fourth-order valence-electron chi connectivity index (χ4n) is 3.02. The molecule has 0 aliphatic heterocycles. The van der Waals surface area contributed by atoms with E-state index in [4.69, 9.17) is 11.6 Å². The van der Waals surface area contributed by atoms with Crippen molar-refractivity contribution in [1.29, 1.82) is 0 Å². The molecule has 1 aliphatic rings. The largest absolute Gasteiger partial charge is 0.326 e. The maximum atomic E-state index is 12.5. The number of pyridine rings is 1. The van der Waals surface area contributed by atoms with Crippen molar-refractivity contribution in [3.63, 3.8) is 0 Å². The van der Waals surface area contributed by atoms with Crippen LogP contribution < -0.4 is 10.6 Å². The Morgan fingerprint density at radius 1 is 1.14 bits per heavy atom. The quantitative estimate of drug-likeness (QED) is 0.661. The maximum absolute atomic E-state index is 12.5. The van der Waals surface area contributed by atoms with E-state index in [-0.39, 0.29) is 18.4 Å². The third kappa shape index (κ3) is 6.04. The second-order valence-electron chi connectivity index (χ2n) is 7.23. The summed E-state index contributed by atoms with van der Waals surface area (Å²) in [6, 6.07) is 9.68. The molecule has 0 unspecified atom stereocenters. The number of aryl methyl sites for hydroxylation is 2. The molecule has 7 heteroatoms. The Labute approximate surface area is 170 Å². The first-order valence-electron chi connectivity index (χ1n) is 9.43. The Morgan fingerprint density at radius 2 is 1.93 bits per heavy atom. The number of carbonyl (C=O) groups is 2.